The van der Waals surface area contributed by atoms with Crippen molar-refractivity contribution >= 4 is 5.91 Å². The standard InChI is InChI=1S/C11H22N2O2/c1-8(2)11(14)13(3)9-4-6-10(15-12)7-5-9/h8-10H,4-7,12H2,1-3H3. The Hall–Kier alpha value is -0.610. The molecule has 1 fully saturated rings. The summed E-state index contributed by atoms with van der Waals surface area (Å²) in [5.74, 6) is 5.46. The van der Waals surface area contributed by atoms with Crippen molar-refractivity contribution in [3.8, 4) is 0 Å². The van der Waals surface area contributed by atoms with Crippen LogP contribution in [0, 0.1) is 5.92 Å². The maximum atomic E-state index is 11.8. The number of hydrogen-bond donors (Lipinski definition) is 1. The molecule has 0 aromatic rings. The molecule has 4 heteroatoms. The first kappa shape index (κ1) is 12.5. The van der Waals surface area contributed by atoms with Crippen molar-refractivity contribution in [2.45, 2.75) is 51.7 Å². The van der Waals surface area contributed by atoms with Crippen LogP contribution in [-0.4, -0.2) is 30.0 Å². The van der Waals surface area contributed by atoms with E-state index in [9.17, 15) is 4.79 Å². The van der Waals surface area contributed by atoms with E-state index in [4.69, 9.17) is 10.7 Å². The van der Waals surface area contributed by atoms with Crippen LogP contribution in [0.4, 0.5) is 0 Å². The van der Waals surface area contributed by atoms with E-state index in [1.165, 1.54) is 0 Å². The van der Waals surface area contributed by atoms with E-state index < -0.39 is 0 Å². The lowest BCUT2D eigenvalue weighted by atomic mass is 9.91. The van der Waals surface area contributed by atoms with Gasteiger partial charge in [0.25, 0.3) is 0 Å². The van der Waals surface area contributed by atoms with Crippen molar-refractivity contribution in [2.24, 2.45) is 11.8 Å². The summed E-state index contributed by atoms with van der Waals surface area (Å²) < 4.78 is 0. The second-order valence-corrected chi connectivity index (χ2v) is 4.67. The van der Waals surface area contributed by atoms with Crippen LogP contribution in [0.15, 0.2) is 0 Å². The number of nitrogens with two attached hydrogens (primary N) is 1. The predicted molar refractivity (Wildman–Crippen MR) is 58.9 cm³/mol. The molecule has 0 bridgehead atoms. The molecule has 0 radical (unpaired) electrons. The number of amides is 1. The Balaban J connectivity index is 2.42. The molecule has 1 aliphatic rings. The molecule has 2 N–H and O–H groups in total. The minimum atomic E-state index is 0.0819. The number of carbonyl (C=O) groups excluding carboxylic acids is 1. The molecule has 1 rings (SSSR count). The van der Waals surface area contributed by atoms with Gasteiger partial charge in [-0.2, -0.15) is 0 Å². The summed E-state index contributed by atoms with van der Waals surface area (Å²) in [7, 11) is 1.90. The summed E-state index contributed by atoms with van der Waals surface area (Å²) in [6.07, 6.45) is 4.09. The Morgan fingerprint density at radius 1 is 1.33 bits per heavy atom. The largest absolute Gasteiger partial charge is 0.343 e. The number of nitrogens with zero attached hydrogens (tertiary/aromatic N) is 1. The Morgan fingerprint density at radius 2 is 1.87 bits per heavy atom. The third-order valence-electron chi connectivity index (χ3n) is 3.23. The third kappa shape index (κ3) is 3.18. The highest BCUT2D eigenvalue weighted by atomic mass is 16.6. The van der Waals surface area contributed by atoms with Gasteiger partial charge in [0.15, 0.2) is 0 Å². The van der Waals surface area contributed by atoms with E-state index in [1.54, 1.807) is 0 Å². The molecular formula is C11H22N2O2. The molecule has 0 atom stereocenters. The minimum absolute atomic E-state index is 0.0819. The second-order valence-electron chi connectivity index (χ2n) is 4.67. The van der Waals surface area contributed by atoms with Crippen molar-refractivity contribution in [1.82, 2.24) is 4.90 Å². The maximum Gasteiger partial charge on any atom is 0.225 e. The lowest BCUT2D eigenvalue weighted by Crippen LogP contribution is -2.42. The predicted octanol–water partition coefficient (Wildman–Crippen LogP) is 1.30. The summed E-state index contributed by atoms with van der Waals surface area (Å²) in [5, 5.41) is 0. The van der Waals surface area contributed by atoms with Gasteiger partial charge in [-0.15, -0.1) is 0 Å². The average Bonchev–Trinajstić information content (AvgIpc) is 2.27. The monoisotopic (exact) mass is 214 g/mol. The summed E-state index contributed by atoms with van der Waals surface area (Å²) >= 11 is 0. The van der Waals surface area contributed by atoms with Crippen LogP contribution in [0.25, 0.3) is 0 Å². The van der Waals surface area contributed by atoms with Crippen molar-refractivity contribution in [1.29, 1.82) is 0 Å². The van der Waals surface area contributed by atoms with E-state index in [0.29, 0.717) is 6.04 Å². The highest BCUT2D eigenvalue weighted by Crippen LogP contribution is 2.24. The molecule has 1 amide bonds. The number of carbonyl (C=O) groups is 1. The molecule has 0 aromatic heterocycles. The molecule has 0 heterocycles. The average molecular weight is 214 g/mol. The Bertz CT molecular complexity index is 211. The third-order valence-corrected chi connectivity index (χ3v) is 3.23. The van der Waals surface area contributed by atoms with Crippen LogP contribution >= 0.6 is 0 Å². The van der Waals surface area contributed by atoms with Crippen molar-refractivity contribution in [2.75, 3.05) is 7.05 Å². The van der Waals surface area contributed by atoms with Gasteiger partial charge in [-0.25, -0.2) is 5.90 Å². The molecule has 0 saturated heterocycles. The zero-order chi connectivity index (χ0) is 11.4. The fourth-order valence-corrected chi connectivity index (χ4v) is 2.16. The highest BCUT2D eigenvalue weighted by Gasteiger charge is 2.27. The van der Waals surface area contributed by atoms with Crippen LogP contribution in [-0.2, 0) is 9.63 Å². The van der Waals surface area contributed by atoms with Crippen molar-refractivity contribution in [3.05, 3.63) is 0 Å². The van der Waals surface area contributed by atoms with Crippen LogP contribution in [0.1, 0.15) is 39.5 Å². The first-order chi connectivity index (χ1) is 7.06. The lowest BCUT2D eigenvalue weighted by Gasteiger charge is -2.34. The normalized spacial score (nSPS) is 26.7. The van der Waals surface area contributed by atoms with Gasteiger partial charge >= 0.3 is 0 Å². The van der Waals surface area contributed by atoms with Crippen molar-refractivity contribution < 1.29 is 9.63 Å². The van der Waals surface area contributed by atoms with Gasteiger partial charge in [0.05, 0.1) is 6.10 Å². The van der Waals surface area contributed by atoms with Crippen molar-refractivity contribution in [3.63, 3.8) is 0 Å². The Kier molecular flexibility index (Phi) is 4.54. The first-order valence-corrected chi connectivity index (χ1v) is 5.68. The summed E-state index contributed by atoms with van der Waals surface area (Å²) in [5.41, 5.74) is 0. The maximum absolute atomic E-state index is 11.8. The number of hydrogen-bond acceptors (Lipinski definition) is 3. The smallest absolute Gasteiger partial charge is 0.225 e. The van der Waals surface area contributed by atoms with E-state index in [-0.39, 0.29) is 17.9 Å². The van der Waals surface area contributed by atoms with E-state index >= 15 is 0 Å². The summed E-state index contributed by atoms with van der Waals surface area (Å²) in [4.78, 5) is 18.5. The van der Waals surface area contributed by atoms with Crippen LogP contribution in [0.5, 0.6) is 0 Å². The fourth-order valence-electron chi connectivity index (χ4n) is 2.16. The topological polar surface area (TPSA) is 55.6 Å². The van der Waals surface area contributed by atoms with Crippen LogP contribution < -0.4 is 5.90 Å². The van der Waals surface area contributed by atoms with Crippen LogP contribution in [0.3, 0.4) is 0 Å². The SMILES string of the molecule is CC(C)C(=O)N(C)C1CCC(ON)CC1. The van der Waals surface area contributed by atoms with Crippen LogP contribution in [0.2, 0.25) is 0 Å². The molecule has 4 nitrogen and oxygen atoms in total. The molecule has 0 aliphatic heterocycles. The molecule has 1 saturated carbocycles. The zero-order valence-corrected chi connectivity index (χ0v) is 9.90. The summed E-state index contributed by atoms with van der Waals surface area (Å²) in [6.45, 7) is 3.88. The molecule has 0 aromatic carbocycles. The van der Waals surface area contributed by atoms with Gasteiger partial charge in [0.1, 0.15) is 0 Å². The molecule has 0 unspecified atom stereocenters. The van der Waals surface area contributed by atoms with Gasteiger partial charge in [0, 0.05) is 19.0 Å². The number of rotatable bonds is 3. The molecule has 1 aliphatic carbocycles. The minimum Gasteiger partial charge on any atom is -0.343 e. The Morgan fingerprint density at radius 3 is 2.27 bits per heavy atom. The Labute approximate surface area is 91.7 Å². The molecule has 0 spiro atoms. The van der Waals surface area contributed by atoms with Gasteiger partial charge in [-0.3, -0.25) is 4.79 Å². The van der Waals surface area contributed by atoms with E-state index in [2.05, 4.69) is 0 Å². The fraction of sp³-hybridized carbons (Fsp3) is 0.909. The summed E-state index contributed by atoms with van der Waals surface area (Å²) in [6, 6.07) is 0.367. The molecule has 15 heavy (non-hydrogen) atoms. The van der Waals surface area contributed by atoms with E-state index in [1.807, 2.05) is 25.8 Å². The van der Waals surface area contributed by atoms with Gasteiger partial charge in [-0.1, -0.05) is 13.8 Å². The highest BCUT2D eigenvalue weighted by molar-refractivity contribution is 5.78. The van der Waals surface area contributed by atoms with Gasteiger partial charge in [-0.05, 0) is 25.7 Å². The molecular weight excluding hydrogens is 192 g/mol. The second kappa shape index (κ2) is 5.47. The quantitative estimate of drug-likeness (QED) is 0.720. The van der Waals surface area contributed by atoms with E-state index in [0.717, 1.165) is 25.7 Å². The van der Waals surface area contributed by atoms with Gasteiger partial charge < -0.3 is 9.74 Å². The van der Waals surface area contributed by atoms with Gasteiger partial charge in [0.2, 0.25) is 5.91 Å². The molecule has 88 valence electrons. The zero-order valence-electron chi connectivity index (χ0n) is 9.90. The lowest BCUT2D eigenvalue weighted by molar-refractivity contribution is -0.136. The first-order valence-electron chi connectivity index (χ1n) is 5.68.